The van der Waals surface area contributed by atoms with Crippen molar-refractivity contribution < 1.29 is 19.7 Å². The Morgan fingerprint density at radius 1 is 1.11 bits per heavy atom. The maximum Gasteiger partial charge on any atom is 0.344 e. The van der Waals surface area contributed by atoms with Gasteiger partial charge in [-0.1, -0.05) is 12.1 Å². The quantitative estimate of drug-likeness (QED) is 0.725. The molecule has 1 atom stereocenters. The summed E-state index contributed by atoms with van der Waals surface area (Å²) in [5, 5.41) is 18.9. The Balaban J connectivity index is 1.49. The second-order valence-electron chi connectivity index (χ2n) is 8.16. The first-order chi connectivity index (χ1) is 13.0. The number of rotatable bonds is 8. The molecule has 0 radical (unpaired) electrons. The van der Waals surface area contributed by atoms with E-state index in [0.717, 1.165) is 39.0 Å². The number of hydrogen-bond acceptors (Lipinski definition) is 5. The SMILES string of the molecule is C[C@H](Oc1ccc(CN2CCC(CO)(CN3CCCC3)CC2)cc1)C(=O)O. The average Bonchev–Trinajstić information content (AvgIpc) is 3.18. The van der Waals surface area contributed by atoms with Crippen LogP contribution in [0, 0.1) is 5.41 Å². The highest BCUT2D eigenvalue weighted by atomic mass is 16.5. The first kappa shape index (κ1) is 20.1. The van der Waals surface area contributed by atoms with Gasteiger partial charge in [0, 0.05) is 18.5 Å². The van der Waals surface area contributed by atoms with Gasteiger partial charge in [0.25, 0.3) is 0 Å². The van der Waals surface area contributed by atoms with Crippen molar-refractivity contribution in [3.63, 3.8) is 0 Å². The third-order valence-corrected chi connectivity index (χ3v) is 6.00. The van der Waals surface area contributed by atoms with Gasteiger partial charge in [-0.3, -0.25) is 4.90 Å². The summed E-state index contributed by atoms with van der Waals surface area (Å²) in [5.74, 6) is -0.383. The minimum absolute atomic E-state index is 0.0610. The van der Waals surface area contributed by atoms with Crippen LogP contribution in [0.5, 0.6) is 5.75 Å². The van der Waals surface area contributed by atoms with Gasteiger partial charge in [0.15, 0.2) is 6.10 Å². The normalized spacial score (nSPS) is 21.9. The topological polar surface area (TPSA) is 73.2 Å². The number of carbonyl (C=O) groups is 1. The molecule has 1 aromatic carbocycles. The van der Waals surface area contributed by atoms with E-state index in [4.69, 9.17) is 9.84 Å². The number of nitrogens with zero attached hydrogens (tertiary/aromatic N) is 2. The molecule has 0 saturated carbocycles. The minimum Gasteiger partial charge on any atom is -0.479 e. The van der Waals surface area contributed by atoms with Crippen molar-refractivity contribution in [1.29, 1.82) is 0 Å². The van der Waals surface area contributed by atoms with Crippen LogP contribution in [0.4, 0.5) is 0 Å². The number of ether oxygens (including phenoxy) is 1. The van der Waals surface area contributed by atoms with Crippen LogP contribution in [0.3, 0.4) is 0 Å². The molecule has 6 nitrogen and oxygen atoms in total. The maximum absolute atomic E-state index is 10.9. The molecular weight excluding hydrogens is 344 g/mol. The largest absolute Gasteiger partial charge is 0.479 e. The first-order valence-corrected chi connectivity index (χ1v) is 10.0. The Kier molecular flexibility index (Phi) is 6.73. The Morgan fingerprint density at radius 3 is 2.30 bits per heavy atom. The van der Waals surface area contributed by atoms with Gasteiger partial charge in [-0.25, -0.2) is 4.79 Å². The fourth-order valence-electron chi connectivity index (χ4n) is 4.15. The molecule has 2 aliphatic heterocycles. The smallest absolute Gasteiger partial charge is 0.344 e. The molecule has 0 spiro atoms. The van der Waals surface area contributed by atoms with Gasteiger partial charge in [-0.15, -0.1) is 0 Å². The number of benzene rings is 1. The standard InChI is InChI=1S/C21H32N2O4/c1-17(20(25)26)27-19-6-4-18(5-7-19)14-22-12-8-21(16-24,9-13-22)15-23-10-2-3-11-23/h4-7,17,24H,2-3,8-16H2,1H3,(H,25,26)/t17-/m0/s1. The number of aliphatic hydroxyl groups is 1. The van der Waals surface area contributed by atoms with Crippen LogP contribution < -0.4 is 4.74 Å². The van der Waals surface area contributed by atoms with Crippen molar-refractivity contribution in [3.05, 3.63) is 29.8 Å². The lowest BCUT2D eigenvalue weighted by Gasteiger charge is -2.42. The summed E-state index contributed by atoms with van der Waals surface area (Å²) in [4.78, 5) is 15.8. The summed E-state index contributed by atoms with van der Waals surface area (Å²) in [5.41, 5.74) is 1.26. The molecule has 0 aromatic heterocycles. The van der Waals surface area contributed by atoms with E-state index in [1.807, 2.05) is 24.3 Å². The van der Waals surface area contributed by atoms with E-state index in [0.29, 0.717) is 5.75 Å². The van der Waals surface area contributed by atoms with Crippen molar-refractivity contribution >= 4 is 5.97 Å². The molecule has 150 valence electrons. The van der Waals surface area contributed by atoms with Gasteiger partial charge in [-0.05, 0) is 76.5 Å². The fourth-order valence-corrected chi connectivity index (χ4v) is 4.15. The summed E-state index contributed by atoms with van der Waals surface area (Å²) in [6, 6.07) is 7.68. The lowest BCUT2D eigenvalue weighted by atomic mass is 9.78. The second kappa shape index (κ2) is 9.04. The summed E-state index contributed by atoms with van der Waals surface area (Å²) in [6.07, 6.45) is 3.81. The van der Waals surface area contributed by atoms with E-state index < -0.39 is 12.1 Å². The number of likely N-dealkylation sites (tertiary alicyclic amines) is 2. The molecule has 2 N–H and O–H groups in total. The van der Waals surface area contributed by atoms with Crippen LogP contribution in [0.15, 0.2) is 24.3 Å². The zero-order valence-electron chi connectivity index (χ0n) is 16.3. The van der Waals surface area contributed by atoms with Gasteiger partial charge in [-0.2, -0.15) is 0 Å². The number of hydrogen-bond donors (Lipinski definition) is 2. The molecule has 2 saturated heterocycles. The first-order valence-electron chi connectivity index (χ1n) is 10.0. The van der Waals surface area contributed by atoms with Gasteiger partial charge < -0.3 is 19.8 Å². The Bertz CT molecular complexity index is 605. The molecule has 3 rings (SSSR count). The van der Waals surface area contributed by atoms with Gasteiger partial charge in [0.2, 0.25) is 0 Å². The lowest BCUT2D eigenvalue weighted by molar-refractivity contribution is -0.144. The van der Waals surface area contributed by atoms with Gasteiger partial charge >= 0.3 is 5.97 Å². The molecule has 0 bridgehead atoms. The van der Waals surface area contributed by atoms with Crippen molar-refractivity contribution in [2.24, 2.45) is 5.41 Å². The molecule has 2 heterocycles. The van der Waals surface area contributed by atoms with E-state index in [2.05, 4.69) is 9.80 Å². The van der Waals surface area contributed by atoms with Crippen LogP contribution >= 0.6 is 0 Å². The Morgan fingerprint density at radius 2 is 1.74 bits per heavy atom. The highest BCUT2D eigenvalue weighted by molar-refractivity contribution is 5.72. The van der Waals surface area contributed by atoms with E-state index in [1.54, 1.807) is 0 Å². The molecule has 6 heteroatoms. The minimum atomic E-state index is -0.964. The second-order valence-corrected chi connectivity index (χ2v) is 8.16. The number of piperidine rings is 1. The fraction of sp³-hybridized carbons (Fsp3) is 0.667. The number of carboxylic acids is 1. The molecule has 1 aromatic rings. The van der Waals surface area contributed by atoms with Crippen molar-refractivity contribution in [3.8, 4) is 5.75 Å². The summed E-state index contributed by atoms with van der Waals surface area (Å²) >= 11 is 0. The number of aliphatic carboxylic acids is 1. The number of carboxylic acid groups (broad SMARTS) is 1. The molecule has 0 amide bonds. The van der Waals surface area contributed by atoms with Gasteiger partial charge in [0.05, 0.1) is 6.61 Å². The van der Waals surface area contributed by atoms with E-state index in [-0.39, 0.29) is 12.0 Å². The van der Waals surface area contributed by atoms with E-state index in [1.165, 1.54) is 38.4 Å². The zero-order chi connectivity index (χ0) is 19.3. The summed E-state index contributed by atoms with van der Waals surface area (Å²) < 4.78 is 5.38. The predicted octanol–water partition coefficient (Wildman–Crippen LogP) is 2.21. The van der Waals surface area contributed by atoms with Crippen molar-refractivity contribution in [2.75, 3.05) is 39.3 Å². The Labute approximate surface area is 161 Å². The van der Waals surface area contributed by atoms with Crippen LogP contribution in [0.2, 0.25) is 0 Å². The third kappa shape index (κ3) is 5.43. The predicted molar refractivity (Wildman–Crippen MR) is 104 cm³/mol. The highest BCUT2D eigenvalue weighted by Gasteiger charge is 2.36. The lowest BCUT2D eigenvalue weighted by Crippen LogP contribution is -2.47. The van der Waals surface area contributed by atoms with Crippen LogP contribution in [0.1, 0.15) is 38.2 Å². The van der Waals surface area contributed by atoms with Crippen molar-refractivity contribution in [2.45, 2.75) is 45.3 Å². The van der Waals surface area contributed by atoms with Crippen LogP contribution in [-0.2, 0) is 11.3 Å². The molecule has 0 aliphatic carbocycles. The van der Waals surface area contributed by atoms with Gasteiger partial charge in [0.1, 0.15) is 5.75 Å². The van der Waals surface area contributed by atoms with Crippen LogP contribution in [-0.4, -0.2) is 71.4 Å². The molecule has 2 aliphatic rings. The highest BCUT2D eigenvalue weighted by Crippen LogP contribution is 2.33. The maximum atomic E-state index is 10.9. The summed E-state index contributed by atoms with van der Waals surface area (Å²) in [7, 11) is 0. The molecular formula is C21H32N2O4. The Hall–Kier alpha value is -1.63. The van der Waals surface area contributed by atoms with Crippen LogP contribution in [0.25, 0.3) is 0 Å². The van der Waals surface area contributed by atoms with E-state index in [9.17, 15) is 9.90 Å². The monoisotopic (exact) mass is 376 g/mol. The molecule has 2 fully saturated rings. The van der Waals surface area contributed by atoms with E-state index >= 15 is 0 Å². The number of aliphatic hydroxyl groups excluding tert-OH is 1. The zero-order valence-corrected chi connectivity index (χ0v) is 16.3. The third-order valence-electron chi connectivity index (χ3n) is 6.00. The summed E-state index contributed by atoms with van der Waals surface area (Å²) in [6.45, 7) is 8.09. The average molecular weight is 376 g/mol. The van der Waals surface area contributed by atoms with Crippen molar-refractivity contribution in [1.82, 2.24) is 9.80 Å². The molecule has 27 heavy (non-hydrogen) atoms. The molecule has 0 unspecified atom stereocenters.